The van der Waals surface area contributed by atoms with Gasteiger partial charge in [0, 0.05) is 17.8 Å². The molecule has 60 valence electrons. The Labute approximate surface area is 68.9 Å². The van der Waals surface area contributed by atoms with Gasteiger partial charge in [0.1, 0.15) is 11.5 Å². The molecule has 0 unspecified atom stereocenters. The van der Waals surface area contributed by atoms with Gasteiger partial charge in [-0.15, -0.1) is 0 Å². The Bertz CT molecular complexity index is 429. The summed E-state index contributed by atoms with van der Waals surface area (Å²) in [6.07, 6.45) is 3.45. The van der Waals surface area contributed by atoms with E-state index in [1.54, 1.807) is 12.4 Å². The second-order valence-corrected chi connectivity index (χ2v) is 2.52. The molecule has 2 aromatic rings. The van der Waals surface area contributed by atoms with Crippen LogP contribution in [0.1, 0.15) is 5.69 Å². The van der Waals surface area contributed by atoms with Crippen LogP contribution in [0.25, 0.3) is 10.9 Å². The lowest BCUT2D eigenvalue weighted by atomic mass is 10.2. The summed E-state index contributed by atoms with van der Waals surface area (Å²) in [4.78, 5) is 6.98. The number of nitrogens with two attached hydrogens (primary N) is 1. The van der Waals surface area contributed by atoms with E-state index >= 15 is 0 Å². The molecule has 4 nitrogen and oxygen atoms in total. The second-order valence-electron chi connectivity index (χ2n) is 2.52. The molecule has 2 rings (SSSR count). The maximum Gasteiger partial charge on any atom is 0.144 e. The Hall–Kier alpha value is -1.84. The zero-order valence-electron chi connectivity index (χ0n) is 6.33. The van der Waals surface area contributed by atoms with Gasteiger partial charge < -0.3 is 10.7 Å². The maximum absolute atomic E-state index is 7.25. The molecular weight excluding hydrogens is 152 g/mol. The Morgan fingerprint density at radius 1 is 1.50 bits per heavy atom. The third-order valence-electron chi connectivity index (χ3n) is 1.73. The summed E-state index contributed by atoms with van der Waals surface area (Å²) in [5, 5.41) is 8.27. The first kappa shape index (κ1) is 6.84. The number of H-pyrrole nitrogens is 1. The molecule has 0 spiro atoms. The highest BCUT2D eigenvalue weighted by Gasteiger charge is 2.04. The van der Waals surface area contributed by atoms with Gasteiger partial charge in [0.25, 0.3) is 0 Å². The number of hydrogen-bond acceptors (Lipinski definition) is 2. The number of nitrogens with one attached hydrogen (secondary N) is 2. The smallest absolute Gasteiger partial charge is 0.144 e. The van der Waals surface area contributed by atoms with E-state index in [-0.39, 0.29) is 5.84 Å². The third-order valence-corrected chi connectivity index (χ3v) is 1.73. The molecule has 0 aliphatic rings. The Kier molecular flexibility index (Phi) is 1.33. The van der Waals surface area contributed by atoms with E-state index in [0.717, 1.165) is 10.9 Å². The van der Waals surface area contributed by atoms with E-state index in [1.807, 2.05) is 12.1 Å². The number of pyridine rings is 1. The highest BCUT2D eigenvalue weighted by Crippen LogP contribution is 2.13. The molecule has 0 aliphatic heterocycles. The van der Waals surface area contributed by atoms with Crippen LogP contribution >= 0.6 is 0 Å². The van der Waals surface area contributed by atoms with E-state index in [0.29, 0.717) is 5.69 Å². The fraction of sp³-hybridized carbons (Fsp3) is 0. The average Bonchev–Trinajstić information content (AvgIpc) is 2.49. The zero-order valence-corrected chi connectivity index (χ0v) is 6.33. The number of aromatic amines is 1. The van der Waals surface area contributed by atoms with E-state index in [4.69, 9.17) is 11.1 Å². The summed E-state index contributed by atoms with van der Waals surface area (Å²) in [7, 11) is 0. The number of amidine groups is 1. The summed E-state index contributed by atoms with van der Waals surface area (Å²) >= 11 is 0. The predicted octanol–water partition coefficient (Wildman–Crippen LogP) is 0.847. The SMILES string of the molecule is N=C(N)c1nccc2cc[nH]c12. The molecular formula is C8H8N4. The lowest BCUT2D eigenvalue weighted by Crippen LogP contribution is -2.13. The van der Waals surface area contributed by atoms with Crippen molar-refractivity contribution in [2.45, 2.75) is 0 Å². The van der Waals surface area contributed by atoms with Crippen molar-refractivity contribution in [3.8, 4) is 0 Å². The van der Waals surface area contributed by atoms with Gasteiger partial charge in [-0.3, -0.25) is 10.4 Å². The lowest BCUT2D eigenvalue weighted by Gasteiger charge is -1.97. The molecule has 0 atom stereocenters. The van der Waals surface area contributed by atoms with Gasteiger partial charge in [-0.2, -0.15) is 0 Å². The molecule has 0 fully saturated rings. The topological polar surface area (TPSA) is 78.6 Å². The monoisotopic (exact) mass is 160 g/mol. The number of hydrogen-bond donors (Lipinski definition) is 3. The summed E-state index contributed by atoms with van der Waals surface area (Å²) in [6, 6.07) is 3.79. The van der Waals surface area contributed by atoms with Crippen LogP contribution in [0.3, 0.4) is 0 Å². The van der Waals surface area contributed by atoms with Gasteiger partial charge in [0.05, 0.1) is 5.52 Å². The van der Waals surface area contributed by atoms with Crippen LogP contribution in [0.2, 0.25) is 0 Å². The summed E-state index contributed by atoms with van der Waals surface area (Å²) in [6.45, 7) is 0. The van der Waals surface area contributed by atoms with E-state index in [9.17, 15) is 0 Å². The first-order chi connectivity index (χ1) is 5.79. The van der Waals surface area contributed by atoms with Gasteiger partial charge in [0.15, 0.2) is 0 Å². The van der Waals surface area contributed by atoms with Crippen LogP contribution in [0.4, 0.5) is 0 Å². The van der Waals surface area contributed by atoms with Crippen molar-refractivity contribution in [2.75, 3.05) is 0 Å². The second kappa shape index (κ2) is 2.34. The summed E-state index contributed by atoms with van der Waals surface area (Å²) in [5.74, 6) is -0.0111. The zero-order chi connectivity index (χ0) is 8.55. The van der Waals surface area contributed by atoms with Gasteiger partial charge in [-0.1, -0.05) is 0 Å². The van der Waals surface area contributed by atoms with Crippen LogP contribution in [-0.2, 0) is 0 Å². The van der Waals surface area contributed by atoms with Gasteiger partial charge in [-0.05, 0) is 12.1 Å². The molecule has 0 bridgehead atoms. The van der Waals surface area contributed by atoms with E-state index in [1.165, 1.54) is 0 Å². The average molecular weight is 160 g/mol. The number of aromatic nitrogens is 2. The summed E-state index contributed by atoms with van der Waals surface area (Å²) in [5.41, 5.74) is 6.68. The molecule has 4 N–H and O–H groups in total. The fourth-order valence-corrected chi connectivity index (χ4v) is 1.19. The van der Waals surface area contributed by atoms with Crippen LogP contribution in [0.5, 0.6) is 0 Å². The van der Waals surface area contributed by atoms with Crippen LogP contribution in [-0.4, -0.2) is 15.8 Å². The number of rotatable bonds is 1. The third kappa shape index (κ3) is 0.852. The standard InChI is InChI=1S/C8H8N4/c9-8(10)7-6-5(1-3-11-6)2-4-12-7/h1-4,11H,(H3,9,10). The minimum absolute atomic E-state index is 0.0111. The van der Waals surface area contributed by atoms with Crippen molar-refractivity contribution in [2.24, 2.45) is 5.73 Å². The van der Waals surface area contributed by atoms with Crippen molar-refractivity contribution in [3.05, 3.63) is 30.2 Å². The lowest BCUT2D eigenvalue weighted by molar-refractivity contribution is 1.27. The number of fused-ring (bicyclic) bond motifs is 1. The Balaban J connectivity index is 2.82. The maximum atomic E-state index is 7.25. The van der Waals surface area contributed by atoms with Crippen molar-refractivity contribution in [1.82, 2.24) is 9.97 Å². The molecule has 12 heavy (non-hydrogen) atoms. The fourth-order valence-electron chi connectivity index (χ4n) is 1.19. The number of nitrogens with zero attached hydrogens (tertiary/aromatic N) is 1. The van der Waals surface area contributed by atoms with Crippen LogP contribution < -0.4 is 5.73 Å². The Morgan fingerprint density at radius 2 is 2.33 bits per heavy atom. The van der Waals surface area contributed by atoms with Gasteiger partial charge in [0.2, 0.25) is 0 Å². The van der Waals surface area contributed by atoms with Crippen LogP contribution in [0, 0.1) is 5.41 Å². The molecule has 0 saturated heterocycles. The molecule has 0 saturated carbocycles. The van der Waals surface area contributed by atoms with Crippen molar-refractivity contribution in [1.29, 1.82) is 5.41 Å². The van der Waals surface area contributed by atoms with Crippen LogP contribution in [0.15, 0.2) is 24.5 Å². The molecule has 0 radical (unpaired) electrons. The molecule has 0 amide bonds. The molecule has 2 aromatic heterocycles. The number of nitrogen functional groups attached to an aromatic ring is 1. The quantitative estimate of drug-likeness (QED) is 0.427. The Morgan fingerprint density at radius 3 is 3.08 bits per heavy atom. The minimum Gasteiger partial charge on any atom is -0.382 e. The molecule has 2 heterocycles. The highest BCUT2D eigenvalue weighted by molar-refractivity contribution is 6.04. The summed E-state index contributed by atoms with van der Waals surface area (Å²) < 4.78 is 0. The largest absolute Gasteiger partial charge is 0.382 e. The first-order valence-corrected chi connectivity index (χ1v) is 3.55. The van der Waals surface area contributed by atoms with Crippen molar-refractivity contribution < 1.29 is 0 Å². The molecule has 0 aliphatic carbocycles. The van der Waals surface area contributed by atoms with E-state index in [2.05, 4.69) is 9.97 Å². The van der Waals surface area contributed by atoms with Crippen molar-refractivity contribution in [3.63, 3.8) is 0 Å². The van der Waals surface area contributed by atoms with Crippen molar-refractivity contribution >= 4 is 16.7 Å². The first-order valence-electron chi connectivity index (χ1n) is 3.55. The molecule has 4 heteroatoms. The highest BCUT2D eigenvalue weighted by atomic mass is 14.8. The van der Waals surface area contributed by atoms with Gasteiger partial charge in [-0.25, -0.2) is 0 Å². The minimum atomic E-state index is -0.0111. The van der Waals surface area contributed by atoms with E-state index < -0.39 is 0 Å². The van der Waals surface area contributed by atoms with Gasteiger partial charge >= 0.3 is 0 Å². The predicted molar refractivity (Wildman–Crippen MR) is 47.1 cm³/mol. The molecule has 0 aromatic carbocycles. The normalized spacial score (nSPS) is 10.3.